The van der Waals surface area contributed by atoms with Gasteiger partial charge in [-0.25, -0.2) is 0 Å². The summed E-state index contributed by atoms with van der Waals surface area (Å²) in [5, 5.41) is 0. The Balaban J connectivity index is 3.49. The molecule has 0 bridgehead atoms. The van der Waals surface area contributed by atoms with Crippen molar-refractivity contribution in [3.8, 4) is 0 Å². The molecule has 1 atom stereocenters. The first-order valence-electron chi connectivity index (χ1n) is 3.08. The molecule has 0 aliphatic rings. The topological polar surface area (TPSA) is 86.2 Å². The van der Waals surface area contributed by atoms with Crippen LogP contribution >= 0.6 is 0 Å². The van der Waals surface area contributed by atoms with E-state index in [2.05, 4.69) is 0 Å². The second-order valence-corrected chi connectivity index (χ2v) is 2.22. The summed E-state index contributed by atoms with van der Waals surface area (Å²) in [5.41, 5.74) is 10.1. The maximum atomic E-state index is 10.5. The number of hydrogen-bond acceptors (Lipinski definition) is 3. The number of ketones is 1. The van der Waals surface area contributed by atoms with Gasteiger partial charge in [0.25, 0.3) is 0 Å². The van der Waals surface area contributed by atoms with Gasteiger partial charge in [0.2, 0.25) is 5.91 Å². The van der Waals surface area contributed by atoms with Crippen molar-refractivity contribution in [3.05, 3.63) is 0 Å². The van der Waals surface area contributed by atoms with Crippen molar-refractivity contribution in [2.24, 2.45) is 11.5 Å². The molecule has 0 aliphatic heterocycles. The molecule has 0 saturated heterocycles. The van der Waals surface area contributed by atoms with Crippen LogP contribution in [0, 0.1) is 0 Å². The minimum absolute atomic E-state index is 0.110. The molecule has 0 heterocycles. The lowest BCUT2D eigenvalue weighted by Crippen LogP contribution is -2.29. The van der Waals surface area contributed by atoms with Gasteiger partial charge >= 0.3 is 0 Å². The molecular formula is C6H12N2O2. The van der Waals surface area contributed by atoms with Crippen LogP contribution in [0.2, 0.25) is 0 Å². The Hall–Kier alpha value is -0.900. The summed E-state index contributed by atoms with van der Waals surface area (Å²) in [4.78, 5) is 20.7. The van der Waals surface area contributed by atoms with E-state index in [9.17, 15) is 9.59 Å². The Morgan fingerprint density at radius 1 is 1.50 bits per heavy atom. The molecular weight excluding hydrogens is 132 g/mol. The molecule has 4 heteroatoms. The molecule has 0 fully saturated rings. The number of hydrogen-bond donors (Lipinski definition) is 2. The number of carbonyl (C=O) groups is 2. The Morgan fingerprint density at radius 2 is 2.00 bits per heavy atom. The van der Waals surface area contributed by atoms with E-state index >= 15 is 0 Å². The third-order valence-corrected chi connectivity index (χ3v) is 1.22. The SMILES string of the molecule is CC(=O)C(N)CCC(N)=O. The maximum absolute atomic E-state index is 10.5. The van der Waals surface area contributed by atoms with E-state index in [1.54, 1.807) is 0 Å². The van der Waals surface area contributed by atoms with Crippen LogP contribution in [0.15, 0.2) is 0 Å². The highest BCUT2D eigenvalue weighted by Gasteiger charge is 2.08. The molecule has 1 unspecified atom stereocenters. The van der Waals surface area contributed by atoms with Gasteiger partial charge in [-0.3, -0.25) is 9.59 Å². The number of amides is 1. The molecule has 0 rings (SSSR count). The van der Waals surface area contributed by atoms with Crippen molar-refractivity contribution in [1.82, 2.24) is 0 Å². The van der Waals surface area contributed by atoms with Gasteiger partial charge in [-0.1, -0.05) is 0 Å². The Bertz CT molecular complexity index is 145. The zero-order chi connectivity index (χ0) is 8.15. The summed E-state index contributed by atoms with van der Waals surface area (Å²) in [6.45, 7) is 1.39. The normalized spacial score (nSPS) is 12.6. The minimum atomic E-state index is -0.535. The zero-order valence-electron chi connectivity index (χ0n) is 5.96. The Morgan fingerprint density at radius 3 is 2.30 bits per heavy atom. The van der Waals surface area contributed by atoms with E-state index in [-0.39, 0.29) is 12.2 Å². The van der Waals surface area contributed by atoms with Gasteiger partial charge in [-0.05, 0) is 13.3 Å². The average Bonchev–Trinajstić information content (AvgIpc) is 1.82. The highest BCUT2D eigenvalue weighted by molar-refractivity contribution is 5.82. The number of nitrogens with two attached hydrogens (primary N) is 2. The van der Waals surface area contributed by atoms with Crippen LogP contribution in [0.1, 0.15) is 19.8 Å². The van der Waals surface area contributed by atoms with Gasteiger partial charge < -0.3 is 11.5 Å². The lowest BCUT2D eigenvalue weighted by atomic mass is 10.1. The molecule has 0 aromatic carbocycles. The minimum Gasteiger partial charge on any atom is -0.370 e. The molecule has 0 radical (unpaired) electrons. The fourth-order valence-electron chi connectivity index (χ4n) is 0.501. The number of primary amides is 1. The van der Waals surface area contributed by atoms with Crippen molar-refractivity contribution >= 4 is 11.7 Å². The van der Waals surface area contributed by atoms with Gasteiger partial charge in [0.05, 0.1) is 6.04 Å². The molecule has 1 amide bonds. The van der Waals surface area contributed by atoms with Crippen molar-refractivity contribution in [1.29, 1.82) is 0 Å². The molecule has 4 nitrogen and oxygen atoms in total. The summed E-state index contributed by atoms with van der Waals surface area (Å²) < 4.78 is 0. The summed E-state index contributed by atoms with van der Waals surface area (Å²) in [6, 6.07) is -0.535. The summed E-state index contributed by atoms with van der Waals surface area (Å²) in [5.74, 6) is -0.530. The van der Waals surface area contributed by atoms with Crippen molar-refractivity contribution < 1.29 is 9.59 Å². The highest BCUT2D eigenvalue weighted by Crippen LogP contribution is 1.93. The van der Waals surface area contributed by atoms with Crippen LogP contribution in [0.25, 0.3) is 0 Å². The Labute approximate surface area is 59.6 Å². The van der Waals surface area contributed by atoms with E-state index in [0.29, 0.717) is 6.42 Å². The first kappa shape index (κ1) is 9.10. The standard InChI is InChI=1S/C6H12N2O2/c1-4(9)5(7)2-3-6(8)10/h5H,2-3,7H2,1H3,(H2,8,10). The van der Waals surface area contributed by atoms with Crippen molar-refractivity contribution in [2.45, 2.75) is 25.8 Å². The van der Waals surface area contributed by atoms with E-state index < -0.39 is 11.9 Å². The number of rotatable bonds is 4. The monoisotopic (exact) mass is 144 g/mol. The molecule has 0 aliphatic carbocycles. The van der Waals surface area contributed by atoms with E-state index in [1.807, 2.05) is 0 Å². The zero-order valence-corrected chi connectivity index (χ0v) is 5.96. The highest BCUT2D eigenvalue weighted by atomic mass is 16.1. The predicted molar refractivity (Wildman–Crippen MR) is 37.1 cm³/mol. The first-order valence-corrected chi connectivity index (χ1v) is 3.08. The van der Waals surface area contributed by atoms with Gasteiger partial charge in [0.15, 0.2) is 0 Å². The fourth-order valence-corrected chi connectivity index (χ4v) is 0.501. The number of Topliss-reactive ketones (excluding diaryl/α,β-unsaturated/α-hetero) is 1. The molecule has 0 saturated carbocycles. The third-order valence-electron chi connectivity index (χ3n) is 1.22. The van der Waals surface area contributed by atoms with Crippen LogP contribution < -0.4 is 11.5 Å². The van der Waals surface area contributed by atoms with Gasteiger partial charge in [-0.15, -0.1) is 0 Å². The van der Waals surface area contributed by atoms with Crippen LogP contribution in [0.4, 0.5) is 0 Å². The fraction of sp³-hybridized carbons (Fsp3) is 0.667. The van der Waals surface area contributed by atoms with Crippen LogP contribution in [-0.4, -0.2) is 17.7 Å². The van der Waals surface area contributed by atoms with E-state index in [0.717, 1.165) is 0 Å². The molecule has 0 aromatic rings. The van der Waals surface area contributed by atoms with E-state index in [1.165, 1.54) is 6.92 Å². The van der Waals surface area contributed by atoms with Crippen LogP contribution in [0.3, 0.4) is 0 Å². The molecule has 4 N–H and O–H groups in total. The molecule has 10 heavy (non-hydrogen) atoms. The largest absolute Gasteiger partial charge is 0.370 e. The second-order valence-electron chi connectivity index (χ2n) is 2.22. The average molecular weight is 144 g/mol. The van der Waals surface area contributed by atoms with Gasteiger partial charge in [0, 0.05) is 6.42 Å². The molecule has 0 spiro atoms. The van der Waals surface area contributed by atoms with E-state index in [4.69, 9.17) is 11.5 Å². The lowest BCUT2D eigenvalue weighted by molar-refractivity contribution is -0.119. The molecule has 0 aromatic heterocycles. The molecule has 58 valence electrons. The second kappa shape index (κ2) is 4.00. The summed E-state index contributed by atoms with van der Waals surface area (Å²) in [6.07, 6.45) is 0.533. The van der Waals surface area contributed by atoms with Gasteiger partial charge in [0.1, 0.15) is 5.78 Å². The van der Waals surface area contributed by atoms with Crippen molar-refractivity contribution in [2.75, 3.05) is 0 Å². The van der Waals surface area contributed by atoms with Gasteiger partial charge in [-0.2, -0.15) is 0 Å². The maximum Gasteiger partial charge on any atom is 0.217 e. The number of carbonyl (C=O) groups excluding carboxylic acids is 2. The predicted octanol–water partition coefficient (Wildman–Crippen LogP) is -0.832. The van der Waals surface area contributed by atoms with Crippen molar-refractivity contribution in [3.63, 3.8) is 0 Å². The Kier molecular flexibility index (Phi) is 3.64. The van der Waals surface area contributed by atoms with Crippen LogP contribution in [0.5, 0.6) is 0 Å². The quantitative estimate of drug-likeness (QED) is 0.539. The summed E-state index contributed by atoms with van der Waals surface area (Å²) in [7, 11) is 0. The summed E-state index contributed by atoms with van der Waals surface area (Å²) >= 11 is 0. The first-order chi connectivity index (χ1) is 4.54. The lowest BCUT2D eigenvalue weighted by Gasteiger charge is -2.03. The smallest absolute Gasteiger partial charge is 0.217 e. The van der Waals surface area contributed by atoms with Crippen LogP contribution in [-0.2, 0) is 9.59 Å². The third kappa shape index (κ3) is 4.03.